The van der Waals surface area contributed by atoms with E-state index in [1.807, 2.05) is 0 Å². The Kier molecular flexibility index (Phi) is 3.27. The van der Waals surface area contributed by atoms with Crippen LogP contribution in [0.4, 0.5) is 0 Å². The van der Waals surface area contributed by atoms with Crippen molar-refractivity contribution < 1.29 is 19.1 Å². The second-order valence-electron chi connectivity index (χ2n) is 5.78. The monoisotopic (exact) mass is 252 g/mol. The lowest BCUT2D eigenvalue weighted by Crippen LogP contribution is -2.46. The maximum Gasteiger partial charge on any atom is 0.309 e. The van der Waals surface area contributed by atoms with Crippen LogP contribution >= 0.6 is 0 Å². The first kappa shape index (κ1) is 12.0. The second-order valence-corrected chi connectivity index (χ2v) is 5.78. The van der Waals surface area contributed by atoms with Gasteiger partial charge in [-0.05, 0) is 38.5 Å². The Balaban J connectivity index is 1.43. The molecule has 0 amide bonds. The van der Waals surface area contributed by atoms with E-state index in [0.29, 0.717) is 0 Å². The highest BCUT2D eigenvalue weighted by atomic mass is 16.6. The second kappa shape index (κ2) is 4.90. The van der Waals surface area contributed by atoms with E-state index in [9.17, 15) is 9.59 Å². The van der Waals surface area contributed by atoms with Crippen LogP contribution in [0, 0.1) is 11.8 Å². The zero-order valence-corrected chi connectivity index (χ0v) is 10.6. The highest BCUT2D eigenvalue weighted by Crippen LogP contribution is 2.34. The summed E-state index contributed by atoms with van der Waals surface area (Å²) in [5, 5.41) is 0. The van der Waals surface area contributed by atoms with Gasteiger partial charge in [-0.3, -0.25) is 9.59 Å². The Labute approximate surface area is 107 Å². The lowest BCUT2D eigenvalue weighted by molar-refractivity contribution is -0.189. The van der Waals surface area contributed by atoms with Gasteiger partial charge in [0, 0.05) is 0 Å². The first-order chi connectivity index (χ1) is 8.74. The Hall–Kier alpha value is -1.06. The van der Waals surface area contributed by atoms with Gasteiger partial charge in [-0.15, -0.1) is 0 Å². The van der Waals surface area contributed by atoms with Gasteiger partial charge >= 0.3 is 11.9 Å². The molecule has 0 saturated heterocycles. The first-order valence-corrected chi connectivity index (χ1v) is 7.15. The number of hydrogen-bond donors (Lipinski definition) is 0. The number of hydrogen-bond acceptors (Lipinski definition) is 4. The van der Waals surface area contributed by atoms with Crippen molar-refractivity contribution in [2.24, 2.45) is 11.8 Å². The first-order valence-electron chi connectivity index (χ1n) is 7.15. The molecular weight excluding hydrogens is 232 g/mol. The lowest BCUT2D eigenvalue weighted by Gasteiger charge is -2.38. The average Bonchev–Trinajstić information content (AvgIpc) is 2.16. The molecular formula is C14H20O4. The topological polar surface area (TPSA) is 52.6 Å². The van der Waals surface area contributed by atoms with E-state index in [1.54, 1.807) is 0 Å². The number of esters is 2. The van der Waals surface area contributed by atoms with Gasteiger partial charge < -0.3 is 9.47 Å². The summed E-state index contributed by atoms with van der Waals surface area (Å²) in [4.78, 5) is 23.4. The quantitative estimate of drug-likeness (QED) is 0.720. The maximum absolute atomic E-state index is 11.7. The summed E-state index contributed by atoms with van der Waals surface area (Å²) >= 11 is 0. The molecule has 3 rings (SSSR count). The molecule has 2 atom stereocenters. The van der Waals surface area contributed by atoms with Gasteiger partial charge in [0.25, 0.3) is 0 Å². The predicted molar refractivity (Wildman–Crippen MR) is 63.7 cm³/mol. The van der Waals surface area contributed by atoms with E-state index in [1.165, 1.54) is 0 Å². The highest BCUT2D eigenvalue weighted by molar-refractivity contribution is 5.74. The summed E-state index contributed by atoms with van der Waals surface area (Å²) < 4.78 is 10.8. The average molecular weight is 252 g/mol. The Bertz CT molecular complexity index is 310. The van der Waals surface area contributed by atoms with Crippen LogP contribution in [0.2, 0.25) is 0 Å². The van der Waals surface area contributed by atoms with Crippen LogP contribution in [-0.4, -0.2) is 24.1 Å². The molecule has 3 aliphatic rings. The molecule has 100 valence electrons. The Morgan fingerprint density at radius 1 is 0.667 bits per heavy atom. The molecule has 0 aliphatic heterocycles. The van der Waals surface area contributed by atoms with E-state index in [-0.39, 0.29) is 36.0 Å². The van der Waals surface area contributed by atoms with Gasteiger partial charge in [-0.25, -0.2) is 0 Å². The third-order valence-electron chi connectivity index (χ3n) is 4.56. The molecule has 0 aromatic carbocycles. The Morgan fingerprint density at radius 2 is 1.06 bits per heavy atom. The molecule has 18 heavy (non-hydrogen) atoms. The molecule has 4 nitrogen and oxygen atoms in total. The van der Waals surface area contributed by atoms with Crippen molar-refractivity contribution in [3.63, 3.8) is 0 Å². The van der Waals surface area contributed by atoms with Gasteiger partial charge in [0.1, 0.15) is 12.2 Å². The van der Waals surface area contributed by atoms with Crippen molar-refractivity contribution in [2.75, 3.05) is 0 Å². The van der Waals surface area contributed by atoms with Crippen LogP contribution in [0.25, 0.3) is 0 Å². The van der Waals surface area contributed by atoms with Crippen LogP contribution in [0.1, 0.15) is 51.4 Å². The van der Waals surface area contributed by atoms with Crippen LogP contribution in [0.3, 0.4) is 0 Å². The molecule has 2 unspecified atom stereocenters. The molecule has 0 spiro atoms. The SMILES string of the molecule is O=C(OC1CCC1OC(=O)C1CCC1)C1CCC1. The molecule has 3 saturated carbocycles. The Morgan fingerprint density at radius 3 is 1.28 bits per heavy atom. The van der Waals surface area contributed by atoms with E-state index < -0.39 is 0 Å². The smallest absolute Gasteiger partial charge is 0.309 e. The summed E-state index contributed by atoms with van der Waals surface area (Å²) in [5.74, 6) is 0.0356. The minimum Gasteiger partial charge on any atom is -0.458 e. The van der Waals surface area contributed by atoms with Gasteiger partial charge in [-0.1, -0.05) is 12.8 Å². The number of ether oxygens (including phenoxy) is 2. The van der Waals surface area contributed by atoms with Crippen LogP contribution in [0.15, 0.2) is 0 Å². The van der Waals surface area contributed by atoms with Crippen molar-refractivity contribution in [3.05, 3.63) is 0 Å². The molecule has 0 N–H and O–H groups in total. The van der Waals surface area contributed by atoms with Crippen LogP contribution < -0.4 is 0 Å². The fourth-order valence-electron chi connectivity index (χ4n) is 2.49. The molecule has 0 radical (unpaired) electrons. The molecule has 3 fully saturated rings. The summed E-state index contributed by atoms with van der Waals surface area (Å²) in [6.45, 7) is 0. The number of carbonyl (C=O) groups excluding carboxylic acids is 2. The molecule has 0 bridgehead atoms. The predicted octanol–water partition coefficient (Wildman–Crippen LogP) is 2.20. The van der Waals surface area contributed by atoms with Crippen molar-refractivity contribution in [2.45, 2.75) is 63.6 Å². The minimum atomic E-state index is -0.179. The molecule has 0 aromatic heterocycles. The summed E-state index contributed by atoms with van der Waals surface area (Å²) in [6.07, 6.45) is 7.40. The van der Waals surface area contributed by atoms with E-state index in [2.05, 4.69) is 0 Å². The number of rotatable bonds is 4. The maximum atomic E-state index is 11.7. The molecule has 0 heterocycles. The third kappa shape index (κ3) is 2.25. The van der Waals surface area contributed by atoms with Gasteiger partial charge in [0.05, 0.1) is 11.8 Å². The van der Waals surface area contributed by atoms with Crippen molar-refractivity contribution in [1.29, 1.82) is 0 Å². The standard InChI is InChI=1S/C14H20O4/c15-13(9-3-1-4-9)17-11-7-8-12(11)18-14(16)10-5-2-6-10/h9-12H,1-8H2. The zero-order valence-electron chi connectivity index (χ0n) is 10.6. The van der Waals surface area contributed by atoms with E-state index in [4.69, 9.17) is 9.47 Å². The van der Waals surface area contributed by atoms with Crippen molar-refractivity contribution in [3.8, 4) is 0 Å². The minimum absolute atomic E-state index is 0.0874. The molecule has 4 heteroatoms. The molecule has 0 aromatic rings. The largest absolute Gasteiger partial charge is 0.458 e. The van der Waals surface area contributed by atoms with E-state index in [0.717, 1.165) is 51.4 Å². The number of carbonyl (C=O) groups is 2. The van der Waals surface area contributed by atoms with Gasteiger partial charge in [0.2, 0.25) is 0 Å². The van der Waals surface area contributed by atoms with Crippen LogP contribution in [-0.2, 0) is 19.1 Å². The summed E-state index contributed by atoms with van der Waals surface area (Å²) in [5.41, 5.74) is 0. The van der Waals surface area contributed by atoms with E-state index >= 15 is 0 Å². The zero-order chi connectivity index (χ0) is 12.5. The van der Waals surface area contributed by atoms with Crippen LogP contribution in [0.5, 0.6) is 0 Å². The normalized spacial score (nSPS) is 31.8. The van der Waals surface area contributed by atoms with Gasteiger partial charge in [-0.2, -0.15) is 0 Å². The summed E-state index contributed by atoms with van der Waals surface area (Å²) in [6, 6.07) is 0. The summed E-state index contributed by atoms with van der Waals surface area (Å²) in [7, 11) is 0. The fourth-order valence-corrected chi connectivity index (χ4v) is 2.49. The van der Waals surface area contributed by atoms with Crippen molar-refractivity contribution >= 4 is 11.9 Å². The fraction of sp³-hybridized carbons (Fsp3) is 0.857. The molecule has 3 aliphatic carbocycles. The van der Waals surface area contributed by atoms with Gasteiger partial charge in [0.15, 0.2) is 0 Å². The third-order valence-corrected chi connectivity index (χ3v) is 4.56. The highest BCUT2D eigenvalue weighted by Gasteiger charge is 2.41. The lowest BCUT2D eigenvalue weighted by atomic mass is 9.84. The van der Waals surface area contributed by atoms with Crippen molar-refractivity contribution in [1.82, 2.24) is 0 Å².